The summed E-state index contributed by atoms with van der Waals surface area (Å²) in [6.07, 6.45) is 4.68. The van der Waals surface area contributed by atoms with Gasteiger partial charge in [0, 0.05) is 16.6 Å². The molecule has 0 radical (unpaired) electrons. The van der Waals surface area contributed by atoms with E-state index in [1.807, 2.05) is 18.2 Å². The lowest BCUT2D eigenvalue weighted by atomic mass is 9.96. The van der Waals surface area contributed by atoms with Gasteiger partial charge >= 0.3 is 0 Å². The number of thiocarbonyl (C=S) groups is 1. The maximum Gasteiger partial charge on any atom is 0.171 e. The molecule has 0 saturated heterocycles. The summed E-state index contributed by atoms with van der Waals surface area (Å²) >= 11 is 7.36. The summed E-state index contributed by atoms with van der Waals surface area (Å²) < 4.78 is 10.6. The standard InChI is InChI=1S/C18H22N2O2S2/c1-21-14-8-7-13(12-15(14)22-2)19-17(23)20-18(9-3-4-10-18)16-6-5-11-24-16/h5-8,11-12H,3-4,9-10H2,1-2H3,(H2,19,20,23). The van der Waals surface area contributed by atoms with E-state index in [9.17, 15) is 0 Å². The molecule has 128 valence electrons. The number of hydrogen-bond acceptors (Lipinski definition) is 4. The third-order valence-electron chi connectivity index (χ3n) is 4.44. The Morgan fingerprint density at radius 2 is 1.88 bits per heavy atom. The Morgan fingerprint density at radius 1 is 1.12 bits per heavy atom. The third-order valence-corrected chi connectivity index (χ3v) is 5.72. The van der Waals surface area contributed by atoms with Crippen LogP contribution in [0.25, 0.3) is 0 Å². The van der Waals surface area contributed by atoms with Gasteiger partial charge in [-0.05, 0) is 48.6 Å². The molecule has 24 heavy (non-hydrogen) atoms. The van der Waals surface area contributed by atoms with E-state index < -0.39 is 0 Å². The molecule has 3 rings (SSSR count). The molecule has 1 aliphatic carbocycles. The van der Waals surface area contributed by atoms with Crippen LogP contribution in [0.1, 0.15) is 30.6 Å². The molecule has 0 unspecified atom stereocenters. The van der Waals surface area contributed by atoms with Crippen LogP contribution in [0.15, 0.2) is 35.7 Å². The lowest BCUT2D eigenvalue weighted by Crippen LogP contribution is -2.45. The first kappa shape index (κ1) is 17.0. The zero-order valence-electron chi connectivity index (χ0n) is 13.9. The number of benzene rings is 1. The highest BCUT2D eigenvalue weighted by atomic mass is 32.1. The number of nitrogens with one attached hydrogen (secondary N) is 2. The number of rotatable bonds is 5. The predicted octanol–water partition coefficient (Wildman–Crippen LogP) is 4.52. The second kappa shape index (κ2) is 7.40. The summed E-state index contributed by atoms with van der Waals surface area (Å²) in [6.45, 7) is 0. The van der Waals surface area contributed by atoms with Gasteiger partial charge in [-0.25, -0.2) is 0 Å². The van der Waals surface area contributed by atoms with Gasteiger partial charge in [0.2, 0.25) is 0 Å². The van der Waals surface area contributed by atoms with E-state index in [4.69, 9.17) is 21.7 Å². The minimum absolute atomic E-state index is 0.0329. The van der Waals surface area contributed by atoms with Gasteiger partial charge in [0.25, 0.3) is 0 Å². The van der Waals surface area contributed by atoms with Crippen LogP contribution in [0.4, 0.5) is 5.69 Å². The molecule has 2 N–H and O–H groups in total. The van der Waals surface area contributed by atoms with Gasteiger partial charge in [-0.1, -0.05) is 18.9 Å². The molecule has 2 aromatic rings. The van der Waals surface area contributed by atoms with E-state index in [0.29, 0.717) is 16.6 Å². The minimum Gasteiger partial charge on any atom is -0.493 e. The fourth-order valence-corrected chi connectivity index (χ4v) is 4.51. The molecule has 0 aliphatic heterocycles. The lowest BCUT2D eigenvalue weighted by Gasteiger charge is -2.31. The molecular weight excluding hydrogens is 340 g/mol. The van der Waals surface area contributed by atoms with Crippen LogP contribution >= 0.6 is 23.6 Å². The van der Waals surface area contributed by atoms with Crippen molar-refractivity contribution in [2.24, 2.45) is 0 Å². The first-order valence-electron chi connectivity index (χ1n) is 8.02. The van der Waals surface area contributed by atoms with Crippen LogP contribution in [0.5, 0.6) is 11.5 Å². The number of hydrogen-bond donors (Lipinski definition) is 2. The van der Waals surface area contributed by atoms with Crippen LogP contribution in [0.2, 0.25) is 0 Å². The van der Waals surface area contributed by atoms with Gasteiger partial charge in [0.15, 0.2) is 16.6 Å². The molecule has 1 aliphatic rings. The van der Waals surface area contributed by atoms with E-state index in [1.54, 1.807) is 25.6 Å². The van der Waals surface area contributed by atoms with E-state index in [1.165, 1.54) is 17.7 Å². The quantitative estimate of drug-likeness (QED) is 0.766. The average molecular weight is 363 g/mol. The van der Waals surface area contributed by atoms with E-state index >= 15 is 0 Å². The molecule has 0 atom stereocenters. The van der Waals surface area contributed by atoms with Crippen molar-refractivity contribution in [2.75, 3.05) is 19.5 Å². The van der Waals surface area contributed by atoms with Crippen molar-refractivity contribution in [2.45, 2.75) is 31.2 Å². The summed E-state index contributed by atoms with van der Waals surface area (Å²) in [5.41, 5.74) is 0.846. The van der Waals surface area contributed by atoms with Crippen molar-refractivity contribution in [3.63, 3.8) is 0 Å². The largest absolute Gasteiger partial charge is 0.493 e. The van der Waals surface area contributed by atoms with Crippen molar-refractivity contribution in [1.82, 2.24) is 5.32 Å². The van der Waals surface area contributed by atoms with Gasteiger partial charge in [-0.2, -0.15) is 0 Å². The summed E-state index contributed by atoms with van der Waals surface area (Å²) in [7, 11) is 3.25. The first-order chi connectivity index (χ1) is 11.7. The van der Waals surface area contributed by atoms with Crippen LogP contribution in [0.3, 0.4) is 0 Å². The lowest BCUT2D eigenvalue weighted by molar-refractivity contribution is 0.355. The molecule has 1 aromatic carbocycles. The average Bonchev–Trinajstić information content (AvgIpc) is 3.26. The smallest absolute Gasteiger partial charge is 0.171 e. The Balaban J connectivity index is 1.73. The molecule has 4 nitrogen and oxygen atoms in total. The molecule has 0 amide bonds. The zero-order chi connectivity index (χ0) is 17.0. The number of methoxy groups -OCH3 is 2. The van der Waals surface area contributed by atoms with Crippen molar-refractivity contribution in [3.8, 4) is 11.5 Å². The van der Waals surface area contributed by atoms with Crippen LogP contribution in [-0.4, -0.2) is 19.3 Å². The van der Waals surface area contributed by atoms with Crippen molar-refractivity contribution >= 4 is 34.4 Å². The second-order valence-electron chi connectivity index (χ2n) is 5.92. The molecule has 1 heterocycles. The van der Waals surface area contributed by atoms with Gasteiger partial charge < -0.3 is 20.1 Å². The van der Waals surface area contributed by atoms with E-state index in [2.05, 4.69) is 28.1 Å². The SMILES string of the molecule is COc1ccc(NC(=S)NC2(c3cccs3)CCCC2)cc1OC. The molecule has 1 saturated carbocycles. The third kappa shape index (κ3) is 3.49. The summed E-state index contributed by atoms with van der Waals surface area (Å²) in [5, 5.41) is 9.60. The van der Waals surface area contributed by atoms with Crippen molar-refractivity contribution in [3.05, 3.63) is 40.6 Å². The van der Waals surface area contributed by atoms with Crippen LogP contribution < -0.4 is 20.1 Å². The highest BCUT2D eigenvalue weighted by Gasteiger charge is 2.37. The fourth-order valence-electron chi connectivity index (χ4n) is 3.26. The molecule has 0 bridgehead atoms. The number of ether oxygens (including phenoxy) is 2. The Bertz CT molecular complexity index is 695. The Morgan fingerprint density at radius 3 is 2.50 bits per heavy atom. The fraction of sp³-hybridized carbons (Fsp3) is 0.389. The molecular formula is C18H22N2O2S2. The maximum absolute atomic E-state index is 5.57. The molecule has 1 fully saturated rings. The molecule has 1 aromatic heterocycles. The van der Waals surface area contributed by atoms with Crippen LogP contribution in [-0.2, 0) is 5.54 Å². The van der Waals surface area contributed by atoms with Gasteiger partial charge in [-0.15, -0.1) is 11.3 Å². The first-order valence-corrected chi connectivity index (χ1v) is 9.31. The molecule has 0 spiro atoms. The van der Waals surface area contributed by atoms with E-state index in [-0.39, 0.29) is 5.54 Å². The number of anilines is 1. The molecule has 6 heteroatoms. The van der Waals surface area contributed by atoms with Gasteiger partial charge in [0.1, 0.15) is 0 Å². The van der Waals surface area contributed by atoms with Crippen molar-refractivity contribution < 1.29 is 9.47 Å². The minimum atomic E-state index is -0.0329. The normalized spacial score (nSPS) is 15.8. The number of thiophene rings is 1. The summed E-state index contributed by atoms with van der Waals surface area (Å²) in [5.74, 6) is 1.38. The zero-order valence-corrected chi connectivity index (χ0v) is 15.6. The predicted molar refractivity (Wildman–Crippen MR) is 103 cm³/mol. The van der Waals surface area contributed by atoms with E-state index in [0.717, 1.165) is 18.5 Å². The van der Waals surface area contributed by atoms with Gasteiger partial charge in [0.05, 0.1) is 19.8 Å². The van der Waals surface area contributed by atoms with Crippen LogP contribution in [0, 0.1) is 0 Å². The van der Waals surface area contributed by atoms with Gasteiger partial charge in [-0.3, -0.25) is 0 Å². The summed E-state index contributed by atoms with van der Waals surface area (Å²) in [6, 6.07) is 9.99. The Kier molecular flexibility index (Phi) is 5.26. The maximum atomic E-state index is 5.57. The second-order valence-corrected chi connectivity index (χ2v) is 7.27. The monoisotopic (exact) mass is 362 g/mol. The Labute approximate surface area is 152 Å². The topological polar surface area (TPSA) is 42.5 Å². The summed E-state index contributed by atoms with van der Waals surface area (Å²) in [4.78, 5) is 1.36. The highest BCUT2D eigenvalue weighted by molar-refractivity contribution is 7.80. The highest BCUT2D eigenvalue weighted by Crippen LogP contribution is 2.41. The Hall–Kier alpha value is -1.79. The van der Waals surface area contributed by atoms with Crippen molar-refractivity contribution in [1.29, 1.82) is 0 Å².